The van der Waals surface area contributed by atoms with E-state index < -0.39 is 0 Å². The molecule has 0 unspecified atom stereocenters. The fraction of sp³-hybridized carbons (Fsp3) is 0.250. The number of aliphatic hydroxyl groups excluding tert-OH is 1. The van der Waals surface area contributed by atoms with Crippen molar-refractivity contribution < 1.29 is 5.11 Å². The number of hydrogen-bond acceptors (Lipinski definition) is 3. The summed E-state index contributed by atoms with van der Waals surface area (Å²) < 4.78 is 2.16. The molecule has 24 heavy (non-hydrogen) atoms. The summed E-state index contributed by atoms with van der Waals surface area (Å²) in [6.07, 6.45) is 2.60. The maximum absolute atomic E-state index is 9.37. The number of aromatic nitrogens is 2. The molecule has 0 fully saturated rings. The van der Waals surface area contributed by atoms with Gasteiger partial charge in [-0.2, -0.15) is 0 Å². The Morgan fingerprint density at radius 1 is 1.04 bits per heavy atom. The highest BCUT2D eigenvalue weighted by Crippen LogP contribution is 2.19. The van der Waals surface area contributed by atoms with E-state index in [1.165, 1.54) is 5.56 Å². The zero-order chi connectivity index (χ0) is 16.8. The predicted molar refractivity (Wildman–Crippen MR) is 96.0 cm³/mol. The highest BCUT2D eigenvalue weighted by molar-refractivity contribution is 5.35. The second kappa shape index (κ2) is 7.90. The van der Waals surface area contributed by atoms with Crippen LogP contribution in [0.4, 0.5) is 0 Å². The summed E-state index contributed by atoms with van der Waals surface area (Å²) in [6, 6.07) is 20.6. The lowest BCUT2D eigenvalue weighted by Crippen LogP contribution is -2.23. The van der Waals surface area contributed by atoms with E-state index in [-0.39, 0.29) is 12.6 Å². The third kappa shape index (κ3) is 3.72. The van der Waals surface area contributed by atoms with E-state index in [9.17, 15) is 5.11 Å². The summed E-state index contributed by atoms with van der Waals surface area (Å²) in [5.41, 5.74) is 3.41. The van der Waals surface area contributed by atoms with E-state index in [1.54, 1.807) is 0 Å². The standard InChI is InChI=1S/C20H23N3O/c1-16-21-14-19(23(16)18-10-6-3-7-11-18)15-22-20(12-13-24)17-8-4-2-5-9-17/h2-11,14,20,22,24H,12-13,15H2,1H3/t20-/m1/s1. The highest BCUT2D eigenvalue weighted by Gasteiger charge is 2.13. The molecule has 2 aromatic carbocycles. The van der Waals surface area contributed by atoms with Gasteiger partial charge in [0.25, 0.3) is 0 Å². The predicted octanol–water partition coefficient (Wildman–Crippen LogP) is 3.39. The Bertz CT molecular complexity index is 753. The van der Waals surface area contributed by atoms with Crippen molar-refractivity contribution in [2.45, 2.75) is 25.9 Å². The molecule has 4 heteroatoms. The molecule has 0 aliphatic carbocycles. The van der Waals surface area contributed by atoms with Gasteiger partial charge in [-0.1, -0.05) is 48.5 Å². The zero-order valence-electron chi connectivity index (χ0n) is 13.9. The van der Waals surface area contributed by atoms with Crippen molar-refractivity contribution in [1.29, 1.82) is 0 Å². The van der Waals surface area contributed by atoms with Crippen molar-refractivity contribution >= 4 is 0 Å². The molecule has 4 nitrogen and oxygen atoms in total. The summed E-state index contributed by atoms with van der Waals surface area (Å²) in [6.45, 7) is 2.86. The molecule has 0 amide bonds. The fourth-order valence-electron chi connectivity index (χ4n) is 2.97. The highest BCUT2D eigenvalue weighted by atomic mass is 16.3. The van der Waals surface area contributed by atoms with E-state index >= 15 is 0 Å². The van der Waals surface area contributed by atoms with Crippen molar-refractivity contribution in [3.63, 3.8) is 0 Å². The minimum Gasteiger partial charge on any atom is -0.396 e. The Hall–Kier alpha value is -2.43. The maximum Gasteiger partial charge on any atom is 0.110 e. The number of para-hydroxylation sites is 1. The van der Waals surface area contributed by atoms with Crippen molar-refractivity contribution in [2.75, 3.05) is 6.61 Å². The number of hydrogen-bond donors (Lipinski definition) is 2. The Morgan fingerprint density at radius 2 is 1.71 bits per heavy atom. The molecule has 0 spiro atoms. The van der Waals surface area contributed by atoms with Crippen LogP contribution in [0.3, 0.4) is 0 Å². The topological polar surface area (TPSA) is 50.1 Å². The average Bonchev–Trinajstić information content (AvgIpc) is 3.00. The van der Waals surface area contributed by atoms with Gasteiger partial charge in [-0.05, 0) is 31.0 Å². The SMILES string of the molecule is Cc1ncc(CN[C@H](CCO)c2ccccc2)n1-c1ccccc1. The molecule has 1 aromatic heterocycles. The average molecular weight is 321 g/mol. The lowest BCUT2D eigenvalue weighted by molar-refractivity contribution is 0.264. The van der Waals surface area contributed by atoms with Crippen LogP contribution in [0.1, 0.15) is 29.5 Å². The molecule has 0 saturated heterocycles. The summed E-state index contributed by atoms with van der Waals surface area (Å²) in [5, 5.41) is 12.9. The Kier molecular flexibility index (Phi) is 5.41. The third-order valence-electron chi connectivity index (χ3n) is 4.17. The Morgan fingerprint density at radius 3 is 2.38 bits per heavy atom. The first-order chi connectivity index (χ1) is 11.8. The smallest absolute Gasteiger partial charge is 0.110 e. The number of rotatable bonds is 7. The van der Waals surface area contributed by atoms with Gasteiger partial charge in [0.1, 0.15) is 5.82 Å². The van der Waals surface area contributed by atoms with Crippen LogP contribution in [0, 0.1) is 6.92 Å². The first-order valence-electron chi connectivity index (χ1n) is 8.27. The minimum atomic E-state index is 0.121. The van der Waals surface area contributed by atoms with Gasteiger partial charge >= 0.3 is 0 Å². The molecule has 0 bridgehead atoms. The molecule has 124 valence electrons. The van der Waals surface area contributed by atoms with E-state index in [4.69, 9.17) is 0 Å². The second-order valence-electron chi connectivity index (χ2n) is 5.82. The quantitative estimate of drug-likeness (QED) is 0.701. The van der Waals surface area contributed by atoms with E-state index in [0.29, 0.717) is 13.0 Å². The number of benzene rings is 2. The van der Waals surface area contributed by atoms with E-state index in [0.717, 1.165) is 17.2 Å². The zero-order valence-corrected chi connectivity index (χ0v) is 13.9. The Labute approximate surface area is 142 Å². The van der Waals surface area contributed by atoms with Crippen LogP contribution < -0.4 is 5.32 Å². The van der Waals surface area contributed by atoms with Crippen molar-refractivity contribution in [2.24, 2.45) is 0 Å². The summed E-state index contributed by atoms with van der Waals surface area (Å²) in [4.78, 5) is 4.46. The molecule has 3 rings (SSSR count). The lowest BCUT2D eigenvalue weighted by atomic mass is 10.0. The number of nitrogens with one attached hydrogen (secondary N) is 1. The molecule has 2 N–H and O–H groups in total. The van der Waals surface area contributed by atoms with Crippen LogP contribution in [-0.2, 0) is 6.54 Å². The lowest BCUT2D eigenvalue weighted by Gasteiger charge is -2.19. The largest absolute Gasteiger partial charge is 0.396 e. The van der Waals surface area contributed by atoms with Crippen molar-refractivity contribution in [1.82, 2.24) is 14.9 Å². The minimum absolute atomic E-state index is 0.121. The van der Waals surface area contributed by atoms with E-state index in [1.807, 2.05) is 49.5 Å². The number of aryl methyl sites for hydroxylation is 1. The van der Waals surface area contributed by atoms with Gasteiger partial charge in [0.05, 0.1) is 11.9 Å². The molecule has 0 aliphatic heterocycles. The first kappa shape index (κ1) is 16.4. The number of aliphatic hydroxyl groups is 1. The van der Waals surface area contributed by atoms with Crippen molar-refractivity contribution in [3.05, 3.63) is 83.9 Å². The van der Waals surface area contributed by atoms with Crippen LogP contribution in [-0.4, -0.2) is 21.3 Å². The molecule has 0 saturated carbocycles. The maximum atomic E-state index is 9.37. The van der Waals surface area contributed by atoms with Crippen molar-refractivity contribution in [3.8, 4) is 5.69 Å². The normalized spacial score (nSPS) is 12.2. The molecular formula is C20H23N3O. The van der Waals surface area contributed by atoms with Crippen LogP contribution in [0.2, 0.25) is 0 Å². The molecule has 0 radical (unpaired) electrons. The Balaban J connectivity index is 1.79. The van der Waals surface area contributed by atoms with Crippen LogP contribution in [0.25, 0.3) is 5.69 Å². The van der Waals surface area contributed by atoms with Crippen LogP contribution >= 0.6 is 0 Å². The third-order valence-corrected chi connectivity index (χ3v) is 4.17. The van der Waals surface area contributed by atoms with Gasteiger partial charge in [0, 0.05) is 24.9 Å². The van der Waals surface area contributed by atoms with Gasteiger partial charge in [-0.25, -0.2) is 4.98 Å². The second-order valence-corrected chi connectivity index (χ2v) is 5.82. The monoisotopic (exact) mass is 321 g/mol. The van der Waals surface area contributed by atoms with Crippen LogP contribution in [0.15, 0.2) is 66.9 Å². The first-order valence-corrected chi connectivity index (χ1v) is 8.27. The van der Waals surface area contributed by atoms with Gasteiger partial charge in [-0.3, -0.25) is 4.57 Å². The van der Waals surface area contributed by atoms with Gasteiger partial charge in [0.2, 0.25) is 0 Å². The molecule has 1 heterocycles. The molecular weight excluding hydrogens is 298 g/mol. The number of imidazole rings is 1. The van der Waals surface area contributed by atoms with E-state index in [2.05, 4.69) is 39.1 Å². The summed E-state index contributed by atoms with van der Waals surface area (Å²) in [7, 11) is 0. The molecule has 1 atom stereocenters. The van der Waals surface area contributed by atoms with Crippen LogP contribution in [0.5, 0.6) is 0 Å². The number of nitrogens with zero attached hydrogens (tertiary/aromatic N) is 2. The molecule has 3 aromatic rings. The van der Waals surface area contributed by atoms with Gasteiger partial charge < -0.3 is 10.4 Å². The molecule has 0 aliphatic rings. The summed E-state index contributed by atoms with van der Waals surface area (Å²) in [5.74, 6) is 0.969. The van der Waals surface area contributed by atoms with Gasteiger partial charge in [-0.15, -0.1) is 0 Å². The van der Waals surface area contributed by atoms with Gasteiger partial charge in [0.15, 0.2) is 0 Å². The summed E-state index contributed by atoms with van der Waals surface area (Å²) >= 11 is 0. The fourth-order valence-corrected chi connectivity index (χ4v) is 2.97.